The van der Waals surface area contributed by atoms with Gasteiger partial charge in [-0.3, -0.25) is 19.2 Å². The topological polar surface area (TPSA) is 234 Å². The summed E-state index contributed by atoms with van der Waals surface area (Å²) in [5.74, 6) is -4.12. The van der Waals surface area contributed by atoms with E-state index in [-0.39, 0.29) is 76.1 Å². The molecule has 9 rings (SSSR count). The lowest BCUT2D eigenvalue weighted by molar-refractivity contribution is -0.137. The van der Waals surface area contributed by atoms with Crippen molar-refractivity contribution in [2.45, 2.75) is 64.6 Å². The van der Waals surface area contributed by atoms with Gasteiger partial charge >= 0.3 is 23.9 Å². The van der Waals surface area contributed by atoms with Crippen LogP contribution in [0.25, 0.3) is 10.0 Å². The Kier molecular flexibility index (Phi) is 11.0. The highest BCUT2D eigenvalue weighted by molar-refractivity contribution is 7.19. The van der Waals surface area contributed by atoms with Crippen LogP contribution in [-0.4, -0.2) is 64.5 Å². The maximum Gasteiger partial charge on any atom is 0.307 e. The summed E-state index contributed by atoms with van der Waals surface area (Å²) in [4.78, 5) is 58.1. The summed E-state index contributed by atoms with van der Waals surface area (Å²) >= 11 is 2.75. The van der Waals surface area contributed by atoms with Crippen LogP contribution in [0.4, 0.5) is 0 Å². The monoisotopic (exact) mass is 848 g/mol. The van der Waals surface area contributed by atoms with Crippen molar-refractivity contribution in [2.75, 3.05) is 0 Å². The van der Waals surface area contributed by atoms with Gasteiger partial charge in [-0.05, 0) is 66.8 Å². The van der Waals surface area contributed by atoms with Gasteiger partial charge in [0.15, 0.2) is 10.0 Å². The molecule has 0 saturated carbocycles. The minimum atomic E-state index is -1.11. The van der Waals surface area contributed by atoms with Crippen molar-refractivity contribution in [3.63, 3.8) is 0 Å². The highest BCUT2D eigenvalue weighted by Crippen LogP contribution is 2.41. The van der Waals surface area contributed by atoms with E-state index in [0.717, 1.165) is 0 Å². The molecule has 306 valence electrons. The Morgan fingerprint density at radius 1 is 0.467 bits per heavy atom. The molecule has 16 heteroatoms. The van der Waals surface area contributed by atoms with E-state index in [1.165, 1.54) is 22.7 Å². The van der Waals surface area contributed by atoms with Gasteiger partial charge in [0.1, 0.15) is 36.2 Å². The van der Waals surface area contributed by atoms with Gasteiger partial charge in [-0.2, -0.15) is 0 Å². The van der Waals surface area contributed by atoms with Crippen molar-refractivity contribution < 1.29 is 59.3 Å². The number of rotatable bonds is 8. The van der Waals surface area contributed by atoms with Crippen molar-refractivity contribution >= 4 is 46.6 Å². The lowest BCUT2D eigenvalue weighted by Crippen LogP contribution is -2.11. The molecule has 0 fully saturated rings. The number of carboxylic acids is 4. The van der Waals surface area contributed by atoms with E-state index < -0.39 is 23.9 Å². The molecule has 0 amide bonds. The minimum Gasteiger partial charge on any atom is -0.507 e. The molecule has 0 unspecified atom stereocenters. The molecule has 2 aromatic heterocycles. The summed E-state index contributed by atoms with van der Waals surface area (Å²) in [5.41, 5.74) is 5.79. The Balaban J connectivity index is 1.47. The van der Waals surface area contributed by atoms with Gasteiger partial charge in [-0.15, -0.1) is 22.7 Å². The molecule has 6 N–H and O–H groups in total. The van der Waals surface area contributed by atoms with Gasteiger partial charge in [0, 0.05) is 36.4 Å². The standard InChI is InChI=1S/C44H36N2O12S2/c47-35(48)9-21-1-25-13-29-5-23(11-37(51)52)6-31-15-27-3-22(10-36(49)50)4-28(40(27)56)16-32-8-24(12-38(53)54)7-30(14-26(2-21)39(25)55)42(32)58-18-34-20-60-44(46-34)43-45-33(19-59-43)17-57-41(29)31/h1-8,19-20,55-56H,9-18H2,(H,47,48)(H,49,50)(H,51,52)(H,53,54). The molecule has 4 aromatic carbocycles. The molecule has 2 aliphatic heterocycles. The molecule has 6 aromatic rings. The number of ether oxygens (including phenoxy) is 2. The first-order valence-corrected chi connectivity index (χ1v) is 20.5. The van der Waals surface area contributed by atoms with Gasteiger partial charge in [0.2, 0.25) is 0 Å². The number of hydrogen-bond donors (Lipinski definition) is 6. The van der Waals surface area contributed by atoms with Crippen LogP contribution in [0.1, 0.15) is 78.1 Å². The molecule has 0 atom stereocenters. The fourth-order valence-corrected chi connectivity index (χ4v) is 9.57. The second kappa shape index (κ2) is 16.5. The number of aromatic hydroxyl groups is 2. The lowest BCUT2D eigenvalue weighted by Gasteiger charge is -2.22. The number of aromatic nitrogens is 2. The number of carbonyl (C=O) groups is 4. The number of carboxylic acid groups (broad SMARTS) is 4. The highest BCUT2D eigenvalue weighted by Gasteiger charge is 2.25. The number of benzene rings is 4. The van der Waals surface area contributed by atoms with Crippen molar-refractivity contribution in [1.82, 2.24) is 9.97 Å². The molecule has 0 saturated heterocycles. The van der Waals surface area contributed by atoms with E-state index in [9.17, 15) is 49.8 Å². The van der Waals surface area contributed by atoms with Gasteiger partial charge in [0.25, 0.3) is 0 Å². The van der Waals surface area contributed by atoms with E-state index in [1.807, 2.05) is 10.8 Å². The fourth-order valence-electron chi connectivity index (χ4n) is 7.92. The molecular weight excluding hydrogens is 813 g/mol. The van der Waals surface area contributed by atoms with Crippen LogP contribution in [-0.2, 0) is 83.8 Å². The number of thiazole rings is 2. The zero-order valence-corrected chi connectivity index (χ0v) is 33.3. The second-order valence-corrected chi connectivity index (χ2v) is 16.6. The number of phenols is 2. The van der Waals surface area contributed by atoms with Crippen LogP contribution in [0.15, 0.2) is 59.3 Å². The Hall–Kier alpha value is -6.78. The molecule has 1 aliphatic carbocycles. The van der Waals surface area contributed by atoms with Crippen LogP contribution in [0.5, 0.6) is 23.0 Å². The van der Waals surface area contributed by atoms with Crippen LogP contribution in [0, 0.1) is 0 Å². The Morgan fingerprint density at radius 3 is 1.00 bits per heavy atom. The molecule has 0 radical (unpaired) electrons. The molecule has 0 spiro atoms. The van der Waals surface area contributed by atoms with E-state index in [0.29, 0.717) is 99.7 Å². The summed E-state index contributed by atoms with van der Waals surface area (Å²) in [6.45, 7) is -0.0585. The first kappa shape index (κ1) is 40.0. The summed E-state index contributed by atoms with van der Waals surface area (Å²) in [7, 11) is 0. The summed E-state index contributed by atoms with van der Waals surface area (Å²) in [5, 5.41) is 68.8. The van der Waals surface area contributed by atoms with Gasteiger partial charge in [-0.25, -0.2) is 9.97 Å². The van der Waals surface area contributed by atoms with Crippen molar-refractivity contribution in [1.29, 1.82) is 0 Å². The molecule has 60 heavy (non-hydrogen) atoms. The SMILES string of the molecule is O=C(O)Cc1cc2c(O)c(c1)Cc1cc(CC(=O)O)cc3c1OCc1csc(n1)-c1nc(cs1)COc1c(cc(CC(=O)O)cc1Cc1cc(CC(=O)O)cc(c1O)C3)C2. The van der Waals surface area contributed by atoms with E-state index in [2.05, 4.69) is 0 Å². The first-order chi connectivity index (χ1) is 28.7. The Bertz CT molecular complexity index is 2450. The largest absolute Gasteiger partial charge is 0.507 e. The molecule has 4 heterocycles. The number of fused-ring (bicyclic) bond motifs is 2. The van der Waals surface area contributed by atoms with Crippen LogP contribution < -0.4 is 9.47 Å². The second-order valence-electron chi connectivity index (χ2n) is 14.9. The van der Waals surface area contributed by atoms with Crippen LogP contribution in [0.2, 0.25) is 0 Å². The lowest BCUT2D eigenvalue weighted by atomic mass is 9.87. The molecular formula is C44H36N2O12S2. The average Bonchev–Trinajstić information content (AvgIpc) is 3.83. The summed E-state index contributed by atoms with van der Waals surface area (Å²) in [6, 6.07) is 12.9. The maximum absolute atomic E-state index is 12.2. The van der Waals surface area contributed by atoms with Crippen molar-refractivity contribution in [2.24, 2.45) is 0 Å². The summed E-state index contributed by atoms with van der Waals surface area (Å²) in [6.07, 6.45) is -1.71. The zero-order chi connectivity index (χ0) is 42.2. The third-order valence-corrected chi connectivity index (χ3v) is 12.1. The van der Waals surface area contributed by atoms with Crippen LogP contribution >= 0.6 is 22.7 Å². The first-order valence-electron chi connectivity index (χ1n) is 18.7. The van der Waals surface area contributed by atoms with Gasteiger partial charge in [-0.1, -0.05) is 48.5 Å². The zero-order valence-electron chi connectivity index (χ0n) is 31.7. The number of hydrogen-bond acceptors (Lipinski definition) is 12. The Morgan fingerprint density at radius 2 is 0.733 bits per heavy atom. The van der Waals surface area contributed by atoms with E-state index in [4.69, 9.17) is 19.4 Å². The number of aliphatic carboxylic acids is 4. The predicted molar refractivity (Wildman–Crippen MR) is 218 cm³/mol. The number of phenolic OH excluding ortho intramolecular Hbond substituents is 2. The van der Waals surface area contributed by atoms with Gasteiger partial charge < -0.3 is 40.1 Å². The number of nitrogens with zero attached hydrogens (tertiary/aromatic N) is 2. The quantitative estimate of drug-likeness (QED) is 0.0981. The van der Waals surface area contributed by atoms with Crippen LogP contribution in [0.3, 0.4) is 0 Å². The highest BCUT2D eigenvalue weighted by atomic mass is 32.1. The van der Waals surface area contributed by atoms with E-state index >= 15 is 0 Å². The third kappa shape index (κ3) is 8.79. The normalized spacial score (nSPS) is 13.1. The smallest absolute Gasteiger partial charge is 0.307 e. The Labute approximate surface area is 349 Å². The predicted octanol–water partition coefficient (Wildman–Crippen LogP) is 6.33. The summed E-state index contributed by atoms with van der Waals surface area (Å²) < 4.78 is 13.2. The molecule has 14 bridgehead atoms. The van der Waals surface area contributed by atoms with Crippen molar-refractivity contribution in [3.8, 4) is 33.0 Å². The van der Waals surface area contributed by atoms with Gasteiger partial charge in [0.05, 0.1) is 37.1 Å². The maximum atomic E-state index is 12.2. The minimum absolute atomic E-state index is 0.0293. The molecule has 14 nitrogen and oxygen atoms in total. The molecule has 3 aliphatic rings. The third-order valence-electron chi connectivity index (χ3n) is 10.2. The fraction of sp³-hybridized carbons (Fsp3) is 0.227. The average molecular weight is 849 g/mol. The van der Waals surface area contributed by atoms with E-state index in [1.54, 1.807) is 48.5 Å². The van der Waals surface area contributed by atoms with Crippen molar-refractivity contribution in [3.05, 3.63) is 137 Å².